The van der Waals surface area contributed by atoms with Crippen molar-refractivity contribution < 1.29 is 0 Å². The lowest BCUT2D eigenvalue weighted by Crippen LogP contribution is -2.59. The summed E-state index contributed by atoms with van der Waals surface area (Å²) >= 11 is 0. The molecular formula is C12H24N2. The van der Waals surface area contributed by atoms with Gasteiger partial charge in [0.2, 0.25) is 0 Å². The first kappa shape index (κ1) is 10.4. The minimum atomic E-state index is 0.391. The summed E-state index contributed by atoms with van der Waals surface area (Å²) in [5, 5.41) is 5.27. The Morgan fingerprint density at radius 3 is 2.29 bits per heavy atom. The third kappa shape index (κ3) is 1.82. The van der Waals surface area contributed by atoms with Crippen molar-refractivity contribution in [2.24, 2.45) is 0 Å². The lowest BCUT2D eigenvalue weighted by molar-refractivity contribution is -0.133. The molecule has 2 saturated heterocycles. The van der Waals surface area contributed by atoms with Crippen molar-refractivity contribution in [3.05, 3.63) is 0 Å². The number of hydrazine groups is 1. The third-order valence-corrected chi connectivity index (χ3v) is 3.84. The SMILES string of the molecule is CC1CCCC(C)(C)N1N1CCCC1. The van der Waals surface area contributed by atoms with Crippen LogP contribution in [0.2, 0.25) is 0 Å². The molecule has 2 fully saturated rings. The Kier molecular flexibility index (Phi) is 2.85. The predicted octanol–water partition coefficient (Wildman–Crippen LogP) is 2.65. The van der Waals surface area contributed by atoms with Gasteiger partial charge in [0.1, 0.15) is 0 Å². The van der Waals surface area contributed by atoms with Crippen LogP contribution >= 0.6 is 0 Å². The molecule has 14 heavy (non-hydrogen) atoms. The van der Waals surface area contributed by atoms with Crippen LogP contribution in [0.15, 0.2) is 0 Å². The van der Waals surface area contributed by atoms with Gasteiger partial charge in [-0.3, -0.25) is 0 Å². The number of rotatable bonds is 1. The summed E-state index contributed by atoms with van der Waals surface area (Å²) in [5.74, 6) is 0. The van der Waals surface area contributed by atoms with Crippen molar-refractivity contribution in [2.45, 2.75) is 64.5 Å². The maximum Gasteiger partial charge on any atom is 0.0303 e. The molecule has 1 atom stereocenters. The Bertz CT molecular complexity index is 194. The van der Waals surface area contributed by atoms with E-state index in [1.54, 1.807) is 0 Å². The zero-order valence-corrected chi connectivity index (χ0v) is 9.92. The number of piperidine rings is 1. The van der Waals surface area contributed by atoms with Gasteiger partial charge < -0.3 is 0 Å². The van der Waals surface area contributed by atoms with E-state index in [1.165, 1.54) is 45.2 Å². The molecule has 0 aromatic carbocycles. The van der Waals surface area contributed by atoms with Gasteiger partial charge in [0.05, 0.1) is 0 Å². The smallest absolute Gasteiger partial charge is 0.0303 e. The van der Waals surface area contributed by atoms with Crippen LogP contribution in [0, 0.1) is 0 Å². The molecule has 2 rings (SSSR count). The molecule has 0 aromatic heterocycles. The fourth-order valence-electron chi connectivity index (χ4n) is 3.24. The topological polar surface area (TPSA) is 6.48 Å². The van der Waals surface area contributed by atoms with E-state index >= 15 is 0 Å². The van der Waals surface area contributed by atoms with Gasteiger partial charge in [0.25, 0.3) is 0 Å². The highest BCUT2D eigenvalue weighted by Gasteiger charge is 2.38. The van der Waals surface area contributed by atoms with Crippen molar-refractivity contribution in [1.29, 1.82) is 0 Å². The summed E-state index contributed by atoms with van der Waals surface area (Å²) in [6, 6.07) is 0.747. The van der Waals surface area contributed by atoms with Crippen molar-refractivity contribution in [2.75, 3.05) is 13.1 Å². The van der Waals surface area contributed by atoms with Crippen molar-refractivity contribution >= 4 is 0 Å². The van der Waals surface area contributed by atoms with Crippen molar-refractivity contribution in [3.8, 4) is 0 Å². The fraction of sp³-hybridized carbons (Fsp3) is 1.00. The van der Waals surface area contributed by atoms with Crippen LogP contribution in [0.1, 0.15) is 52.9 Å². The molecule has 0 bridgehead atoms. The quantitative estimate of drug-likeness (QED) is 0.636. The molecule has 0 N–H and O–H groups in total. The van der Waals surface area contributed by atoms with Crippen LogP contribution in [-0.4, -0.2) is 34.7 Å². The van der Waals surface area contributed by atoms with Gasteiger partial charge in [0, 0.05) is 24.7 Å². The van der Waals surface area contributed by atoms with E-state index in [1.807, 2.05) is 0 Å². The summed E-state index contributed by atoms with van der Waals surface area (Å²) in [7, 11) is 0. The normalized spacial score (nSPS) is 34.9. The Morgan fingerprint density at radius 1 is 1.07 bits per heavy atom. The van der Waals surface area contributed by atoms with E-state index in [-0.39, 0.29) is 0 Å². The Morgan fingerprint density at radius 2 is 1.71 bits per heavy atom. The minimum Gasteiger partial charge on any atom is -0.241 e. The second-order valence-corrected chi connectivity index (χ2v) is 5.56. The molecule has 0 saturated carbocycles. The van der Waals surface area contributed by atoms with E-state index in [0.29, 0.717) is 5.54 Å². The average Bonchev–Trinajstić information content (AvgIpc) is 2.55. The van der Waals surface area contributed by atoms with Gasteiger partial charge in [-0.05, 0) is 52.9 Å². The van der Waals surface area contributed by atoms with Crippen LogP contribution in [-0.2, 0) is 0 Å². The van der Waals surface area contributed by atoms with Gasteiger partial charge >= 0.3 is 0 Å². The van der Waals surface area contributed by atoms with E-state index in [9.17, 15) is 0 Å². The van der Waals surface area contributed by atoms with Gasteiger partial charge in [-0.1, -0.05) is 0 Å². The van der Waals surface area contributed by atoms with Crippen LogP contribution in [0.3, 0.4) is 0 Å². The standard InChI is InChI=1S/C12H24N2/c1-11-7-6-8-12(2,3)14(11)13-9-4-5-10-13/h11H,4-10H2,1-3H3. The number of hydrogen-bond acceptors (Lipinski definition) is 2. The molecule has 0 amide bonds. The van der Waals surface area contributed by atoms with E-state index in [0.717, 1.165) is 6.04 Å². The highest BCUT2D eigenvalue weighted by atomic mass is 15.7. The summed E-state index contributed by atoms with van der Waals surface area (Å²) in [6.07, 6.45) is 6.91. The molecule has 2 aliphatic heterocycles. The Balaban J connectivity index is 2.10. The first-order valence-electron chi connectivity index (χ1n) is 6.15. The minimum absolute atomic E-state index is 0.391. The molecule has 0 radical (unpaired) electrons. The zero-order chi connectivity index (χ0) is 10.2. The Hall–Kier alpha value is -0.0800. The first-order chi connectivity index (χ1) is 6.61. The molecule has 0 aromatic rings. The second kappa shape index (κ2) is 3.82. The van der Waals surface area contributed by atoms with E-state index in [2.05, 4.69) is 30.8 Å². The largest absolute Gasteiger partial charge is 0.241 e. The molecule has 2 heteroatoms. The predicted molar refractivity (Wildman–Crippen MR) is 60.0 cm³/mol. The fourth-order valence-corrected chi connectivity index (χ4v) is 3.24. The summed E-state index contributed by atoms with van der Waals surface area (Å²) in [4.78, 5) is 0. The lowest BCUT2D eigenvalue weighted by atomic mass is 9.88. The van der Waals surface area contributed by atoms with Gasteiger partial charge in [-0.25, -0.2) is 10.0 Å². The van der Waals surface area contributed by atoms with E-state index in [4.69, 9.17) is 0 Å². The monoisotopic (exact) mass is 196 g/mol. The van der Waals surface area contributed by atoms with Crippen LogP contribution < -0.4 is 0 Å². The maximum absolute atomic E-state index is 2.67. The average molecular weight is 196 g/mol. The van der Waals surface area contributed by atoms with Gasteiger partial charge in [-0.2, -0.15) is 0 Å². The third-order valence-electron chi connectivity index (χ3n) is 3.84. The summed E-state index contributed by atoms with van der Waals surface area (Å²) in [5.41, 5.74) is 0.391. The summed E-state index contributed by atoms with van der Waals surface area (Å²) < 4.78 is 0. The first-order valence-corrected chi connectivity index (χ1v) is 6.15. The van der Waals surface area contributed by atoms with Crippen LogP contribution in [0.4, 0.5) is 0 Å². The number of nitrogens with zero attached hydrogens (tertiary/aromatic N) is 2. The molecule has 2 aliphatic rings. The van der Waals surface area contributed by atoms with Crippen LogP contribution in [0.5, 0.6) is 0 Å². The molecule has 0 aliphatic carbocycles. The second-order valence-electron chi connectivity index (χ2n) is 5.56. The van der Waals surface area contributed by atoms with E-state index < -0.39 is 0 Å². The molecule has 82 valence electrons. The van der Waals surface area contributed by atoms with Gasteiger partial charge in [-0.15, -0.1) is 0 Å². The number of hydrogen-bond donors (Lipinski definition) is 0. The molecule has 2 heterocycles. The molecule has 0 spiro atoms. The highest BCUT2D eigenvalue weighted by Crippen LogP contribution is 2.34. The molecule has 1 unspecified atom stereocenters. The summed E-state index contributed by atoms with van der Waals surface area (Å²) in [6.45, 7) is 9.77. The lowest BCUT2D eigenvalue weighted by Gasteiger charge is -2.51. The highest BCUT2D eigenvalue weighted by molar-refractivity contribution is 4.89. The zero-order valence-electron chi connectivity index (χ0n) is 9.92. The molecule has 2 nitrogen and oxygen atoms in total. The van der Waals surface area contributed by atoms with Gasteiger partial charge in [0.15, 0.2) is 0 Å². The van der Waals surface area contributed by atoms with Crippen molar-refractivity contribution in [1.82, 2.24) is 10.0 Å². The molecular weight excluding hydrogens is 172 g/mol. The Labute approximate surface area is 88.2 Å². The van der Waals surface area contributed by atoms with Crippen LogP contribution in [0.25, 0.3) is 0 Å². The van der Waals surface area contributed by atoms with Crippen molar-refractivity contribution in [3.63, 3.8) is 0 Å². The maximum atomic E-state index is 2.67.